The van der Waals surface area contributed by atoms with Crippen molar-refractivity contribution >= 4 is 11.8 Å². The molecular weight excluding hydrogens is 574 g/mol. The molecule has 4 heterocycles. The Labute approximate surface area is 275 Å². The third-order valence-electron chi connectivity index (χ3n) is 7.95. The Morgan fingerprint density at radius 3 is 1.56 bits per heavy atom. The van der Waals surface area contributed by atoms with Gasteiger partial charge in [0.15, 0.2) is 0 Å². The number of hydrogen-bond acceptors (Lipinski definition) is 8. The number of piperidine rings is 1. The van der Waals surface area contributed by atoms with Crippen LogP contribution in [0.2, 0.25) is 0 Å². The van der Waals surface area contributed by atoms with E-state index < -0.39 is 0 Å². The summed E-state index contributed by atoms with van der Waals surface area (Å²) in [5.41, 5.74) is 0. The van der Waals surface area contributed by atoms with E-state index in [0.717, 1.165) is 51.2 Å². The third-order valence-corrected chi connectivity index (χ3v) is 7.95. The average molecular weight is 644 g/mol. The Bertz CT molecular complexity index is 718. The highest BCUT2D eigenvalue weighted by Crippen LogP contribution is 2.17. The molecule has 4 aliphatic rings. The lowest BCUT2D eigenvalue weighted by Gasteiger charge is -2.29. The molecule has 0 radical (unpaired) electrons. The monoisotopic (exact) mass is 644 g/mol. The van der Waals surface area contributed by atoms with Crippen molar-refractivity contribution in [3.8, 4) is 0 Å². The van der Waals surface area contributed by atoms with Crippen molar-refractivity contribution in [2.45, 2.75) is 131 Å². The van der Waals surface area contributed by atoms with Crippen molar-refractivity contribution in [1.82, 2.24) is 15.5 Å². The average Bonchev–Trinajstić information content (AvgIpc) is 3.62. The molecule has 0 aromatic heterocycles. The Hall–Kier alpha value is -1.30. The van der Waals surface area contributed by atoms with Gasteiger partial charge in [0.1, 0.15) is 0 Å². The number of rotatable bonds is 12. The van der Waals surface area contributed by atoms with Gasteiger partial charge < -0.3 is 39.2 Å². The third kappa shape index (κ3) is 23.6. The summed E-state index contributed by atoms with van der Waals surface area (Å²) in [7, 11) is 2.19. The van der Waals surface area contributed by atoms with Gasteiger partial charge in [0.25, 0.3) is 0 Å². The maximum Gasteiger partial charge on any atom is 0.220 e. The normalized spacial score (nSPS) is 22.9. The Kier molecular flexibility index (Phi) is 23.0. The van der Waals surface area contributed by atoms with E-state index in [1.807, 2.05) is 27.7 Å². The van der Waals surface area contributed by atoms with Gasteiger partial charge in [0.2, 0.25) is 11.8 Å². The summed E-state index contributed by atoms with van der Waals surface area (Å²) in [5, 5.41) is 5.62. The molecule has 0 aliphatic carbocycles. The number of nitrogens with zero attached hydrogens (tertiary/aromatic N) is 1. The van der Waals surface area contributed by atoms with E-state index in [0.29, 0.717) is 44.2 Å². The van der Waals surface area contributed by atoms with Crippen LogP contribution in [0.15, 0.2) is 0 Å². The number of likely N-dealkylation sites (tertiary alicyclic amines) is 1. The number of ether oxygens (including phenoxy) is 5. The van der Waals surface area contributed by atoms with Gasteiger partial charge in [-0.3, -0.25) is 9.59 Å². The van der Waals surface area contributed by atoms with E-state index in [4.69, 9.17) is 23.7 Å². The van der Waals surface area contributed by atoms with E-state index in [1.165, 1.54) is 38.8 Å². The van der Waals surface area contributed by atoms with Crippen LogP contribution in [-0.2, 0) is 33.3 Å². The summed E-state index contributed by atoms with van der Waals surface area (Å²) in [4.78, 5) is 23.9. The molecule has 0 saturated carbocycles. The second-order valence-electron chi connectivity index (χ2n) is 14.0. The van der Waals surface area contributed by atoms with Crippen molar-refractivity contribution in [2.75, 3.05) is 66.3 Å². The lowest BCUT2D eigenvalue weighted by Crippen LogP contribution is -2.32. The molecule has 4 saturated heterocycles. The van der Waals surface area contributed by atoms with Crippen LogP contribution in [-0.4, -0.2) is 113 Å². The first kappa shape index (κ1) is 41.7. The summed E-state index contributed by atoms with van der Waals surface area (Å²) in [6.07, 6.45) is 8.47. The molecule has 4 fully saturated rings. The van der Waals surface area contributed by atoms with E-state index in [-0.39, 0.29) is 30.1 Å². The molecule has 0 aromatic rings. The molecular formula is C35H69N3O7. The van der Waals surface area contributed by atoms with Crippen molar-refractivity contribution in [2.24, 2.45) is 17.8 Å². The van der Waals surface area contributed by atoms with Crippen LogP contribution in [0.3, 0.4) is 0 Å². The first-order valence-electron chi connectivity index (χ1n) is 17.6. The van der Waals surface area contributed by atoms with E-state index in [1.54, 1.807) is 0 Å². The van der Waals surface area contributed by atoms with E-state index in [2.05, 4.69) is 50.3 Å². The summed E-state index contributed by atoms with van der Waals surface area (Å²) >= 11 is 0. The number of hydrogen-bond donors (Lipinski definition) is 2. The van der Waals surface area contributed by atoms with Gasteiger partial charge in [-0.15, -0.1) is 0 Å². The van der Waals surface area contributed by atoms with E-state index >= 15 is 0 Å². The Morgan fingerprint density at radius 1 is 0.667 bits per heavy atom. The minimum absolute atomic E-state index is 0.155. The highest BCUT2D eigenvalue weighted by atomic mass is 16.5. The second-order valence-corrected chi connectivity index (χ2v) is 14.0. The maximum absolute atomic E-state index is 10.7. The summed E-state index contributed by atoms with van der Waals surface area (Å²) in [5.74, 6) is 2.25. The first-order chi connectivity index (χ1) is 21.3. The molecule has 2 amide bonds. The van der Waals surface area contributed by atoms with Gasteiger partial charge in [-0.05, 0) is 119 Å². The molecule has 4 rings (SSSR count). The molecule has 10 heteroatoms. The SMILES string of the molecule is CC(C)OCC1CCC(=O)N1.CC(C)OCC1CCN(C)CC1.CC(C)OCC1CCOCC1.CC(C)OCC1CNC(=O)C1. The van der Waals surface area contributed by atoms with Crippen LogP contribution in [0.1, 0.15) is 100 Å². The number of carbonyl (C=O) groups is 2. The predicted molar refractivity (Wildman–Crippen MR) is 180 cm³/mol. The minimum Gasteiger partial charge on any atom is -0.381 e. The zero-order valence-corrected chi connectivity index (χ0v) is 30.2. The largest absolute Gasteiger partial charge is 0.381 e. The highest BCUT2D eigenvalue weighted by molar-refractivity contribution is 5.78. The van der Waals surface area contributed by atoms with Crippen LogP contribution in [0.5, 0.6) is 0 Å². The fraction of sp³-hybridized carbons (Fsp3) is 0.943. The predicted octanol–water partition coefficient (Wildman–Crippen LogP) is 4.83. The topological polar surface area (TPSA) is 108 Å². The van der Waals surface area contributed by atoms with Crippen LogP contribution >= 0.6 is 0 Å². The van der Waals surface area contributed by atoms with Crippen LogP contribution < -0.4 is 10.6 Å². The molecule has 266 valence electrons. The first-order valence-corrected chi connectivity index (χ1v) is 17.6. The Balaban J connectivity index is 0.000000300. The molecule has 0 spiro atoms. The number of nitrogens with one attached hydrogen (secondary N) is 2. The van der Waals surface area contributed by atoms with Gasteiger partial charge in [-0.2, -0.15) is 0 Å². The lowest BCUT2D eigenvalue weighted by molar-refractivity contribution is -0.120. The molecule has 0 aromatic carbocycles. The Morgan fingerprint density at radius 2 is 1.13 bits per heavy atom. The summed E-state index contributed by atoms with van der Waals surface area (Å²) in [6.45, 7) is 24.7. The van der Waals surface area contributed by atoms with Crippen LogP contribution in [0, 0.1) is 17.8 Å². The number of carbonyl (C=O) groups excluding carboxylic acids is 2. The highest BCUT2D eigenvalue weighted by Gasteiger charge is 2.22. The number of amides is 2. The van der Waals surface area contributed by atoms with Crippen molar-refractivity contribution < 1.29 is 33.3 Å². The zero-order chi connectivity index (χ0) is 33.6. The summed E-state index contributed by atoms with van der Waals surface area (Å²) in [6, 6.07) is 0.255. The second kappa shape index (κ2) is 24.8. The molecule has 2 atom stereocenters. The standard InChI is InChI=1S/C10H21NO.C9H18O2.2C8H15NO2/c1-9(2)12-8-10-4-6-11(3)7-5-10;1-8(2)11-7-9-3-5-10-6-4-9;1-6(2)11-5-7-3-8(10)9-4-7;1-6(2)11-5-7-3-4-8(10)9-7/h9-10H,4-8H2,1-3H3;8-9H,3-7H2,1-2H3;2*6-7H,3-5H2,1-2H3,(H,9,10). The molecule has 2 unspecified atom stereocenters. The van der Waals surface area contributed by atoms with Gasteiger partial charge in [-0.25, -0.2) is 0 Å². The fourth-order valence-corrected chi connectivity index (χ4v) is 5.02. The van der Waals surface area contributed by atoms with Gasteiger partial charge in [0, 0.05) is 51.7 Å². The quantitative estimate of drug-likeness (QED) is 0.312. The van der Waals surface area contributed by atoms with Crippen LogP contribution in [0.4, 0.5) is 0 Å². The van der Waals surface area contributed by atoms with Crippen molar-refractivity contribution in [1.29, 1.82) is 0 Å². The van der Waals surface area contributed by atoms with Crippen LogP contribution in [0.25, 0.3) is 0 Å². The minimum atomic E-state index is 0.155. The van der Waals surface area contributed by atoms with Gasteiger partial charge in [0.05, 0.1) is 43.7 Å². The molecule has 45 heavy (non-hydrogen) atoms. The zero-order valence-electron chi connectivity index (χ0n) is 30.2. The molecule has 4 aliphatic heterocycles. The van der Waals surface area contributed by atoms with E-state index in [9.17, 15) is 9.59 Å². The maximum atomic E-state index is 10.7. The molecule has 2 N–H and O–H groups in total. The van der Waals surface area contributed by atoms with Crippen molar-refractivity contribution in [3.05, 3.63) is 0 Å². The van der Waals surface area contributed by atoms with Gasteiger partial charge >= 0.3 is 0 Å². The van der Waals surface area contributed by atoms with Crippen molar-refractivity contribution in [3.63, 3.8) is 0 Å². The summed E-state index contributed by atoms with van der Waals surface area (Å²) < 4.78 is 27.1. The molecule has 0 bridgehead atoms. The lowest BCUT2D eigenvalue weighted by atomic mass is 9.98. The fourth-order valence-electron chi connectivity index (χ4n) is 5.02. The molecule has 10 nitrogen and oxygen atoms in total. The smallest absolute Gasteiger partial charge is 0.220 e. The van der Waals surface area contributed by atoms with Gasteiger partial charge in [-0.1, -0.05) is 0 Å².